The molecule has 0 aliphatic heterocycles. The summed E-state index contributed by atoms with van der Waals surface area (Å²) < 4.78 is 14.3. The highest BCUT2D eigenvalue weighted by Gasteiger charge is 2.22. The predicted octanol–water partition coefficient (Wildman–Crippen LogP) is 2.04. The normalized spacial score (nSPS) is 14.0. The molecule has 1 saturated carbocycles. The number of hydrogen-bond acceptors (Lipinski definition) is 3. The quantitative estimate of drug-likeness (QED) is 0.771. The smallest absolute Gasteiger partial charge is 0.239 e. The molecule has 0 unspecified atom stereocenters. The summed E-state index contributed by atoms with van der Waals surface area (Å²) in [6.07, 6.45) is 3.25. The van der Waals surface area contributed by atoms with Gasteiger partial charge in [-0.05, 0) is 30.9 Å². The summed E-state index contributed by atoms with van der Waals surface area (Å²) >= 11 is 0. The zero-order valence-corrected chi connectivity index (χ0v) is 12.8. The van der Waals surface area contributed by atoms with Gasteiger partial charge in [-0.25, -0.2) is 4.39 Å². The lowest BCUT2D eigenvalue weighted by Gasteiger charge is -2.26. The molecule has 0 saturated heterocycles. The van der Waals surface area contributed by atoms with Gasteiger partial charge in [-0.3, -0.25) is 4.79 Å². The van der Waals surface area contributed by atoms with E-state index in [2.05, 4.69) is 10.6 Å². The van der Waals surface area contributed by atoms with Crippen molar-refractivity contribution < 1.29 is 9.18 Å². The summed E-state index contributed by atoms with van der Waals surface area (Å²) in [5.74, 6) is -0.366. The van der Waals surface area contributed by atoms with Gasteiger partial charge in [0.25, 0.3) is 0 Å². The van der Waals surface area contributed by atoms with E-state index in [1.54, 1.807) is 13.1 Å². The number of nitrogens with zero attached hydrogens (tertiary/aromatic N) is 1. The van der Waals surface area contributed by atoms with Crippen LogP contribution in [0.3, 0.4) is 0 Å². The van der Waals surface area contributed by atoms with E-state index in [4.69, 9.17) is 0 Å². The van der Waals surface area contributed by atoms with E-state index >= 15 is 0 Å². The van der Waals surface area contributed by atoms with Gasteiger partial charge in [-0.2, -0.15) is 0 Å². The topological polar surface area (TPSA) is 44.4 Å². The Bertz CT molecular complexity index is 488. The maximum absolute atomic E-state index is 14.3. The fourth-order valence-corrected chi connectivity index (χ4v) is 2.39. The van der Waals surface area contributed by atoms with Crippen LogP contribution in [0.2, 0.25) is 0 Å². The van der Waals surface area contributed by atoms with E-state index in [1.165, 1.54) is 18.9 Å². The number of amides is 1. The van der Waals surface area contributed by atoms with Crippen molar-refractivity contribution in [3.8, 4) is 0 Å². The average Bonchev–Trinajstić information content (AvgIpc) is 3.29. The standard InChI is InChI=1S/C16H24FN3O/c1-3-9-20(11-15(21)18-2)16-12(5-4-6-14(16)17)10-19-13-7-8-13/h4-6,13,19H,3,7-11H2,1-2H3,(H,18,21). The molecule has 21 heavy (non-hydrogen) atoms. The molecule has 2 N–H and O–H groups in total. The average molecular weight is 293 g/mol. The summed E-state index contributed by atoms with van der Waals surface area (Å²) in [7, 11) is 1.60. The Morgan fingerprint density at radius 3 is 2.81 bits per heavy atom. The van der Waals surface area contributed by atoms with Crippen LogP contribution in [0.25, 0.3) is 0 Å². The zero-order valence-electron chi connectivity index (χ0n) is 12.8. The molecule has 0 radical (unpaired) electrons. The lowest BCUT2D eigenvalue weighted by Crippen LogP contribution is -2.37. The first-order valence-electron chi connectivity index (χ1n) is 7.62. The lowest BCUT2D eigenvalue weighted by atomic mass is 10.1. The number of hydrogen-bond donors (Lipinski definition) is 2. The van der Waals surface area contributed by atoms with Crippen LogP contribution < -0.4 is 15.5 Å². The first kappa shape index (κ1) is 15.8. The molecule has 5 heteroatoms. The largest absolute Gasteiger partial charge is 0.360 e. The number of halogens is 1. The Balaban J connectivity index is 2.20. The van der Waals surface area contributed by atoms with Crippen LogP contribution in [0.1, 0.15) is 31.7 Å². The van der Waals surface area contributed by atoms with Gasteiger partial charge in [-0.15, -0.1) is 0 Å². The number of para-hydroxylation sites is 1. The minimum atomic E-state index is -0.262. The van der Waals surface area contributed by atoms with E-state index < -0.39 is 0 Å². The second-order valence-corrected chi connectivity index (χ2v) is 5.50. The van der Waals surface area contributed by atoms with Crippen molar-refractivity contribution in [3.63, 3.8) is 0 Å². The van der Waals surface area contributed by atoms with E-state index in [0.717, 1.165) is 12.0 Å². The van der Waals surface area contributed by atoms with E-state index in [-0.39, 0.29) is 18.3 Å². The molecule has 1 amide bonds. The number of rotatable bonds is 8. The molecular weight excluding hydrogens is 269 g/mol. The molecule has 0 heterocycles. The van der Waals surface area contributed by atoms with Gasteiger partial charge in [0.05, 0.1) is 12.2 Å². The lowest BCUT2D eigenvalue weighted by molar-refractivity contribution is -0.119. The maximum Gasteiger partial charge on any atom is 0.239 e. The molecule has 1 aromatic carbocycles. The van der Waals surface area contributed by atoms with E-state index in [9.17, 15) is 9.18 Å². The number of anilines is 1. The van der Waals surface area contributed by atoms with Gasteiger partial charge < -0.3 is 15.5 Å². The van der Waals surface area contributed by atoms with Crippen LogP contribution in [0.5, 0.6) is 0 Å². The van der Waals surface area contributed by atoms with Crippen molar-refractivity contribution in [1.82, 2.24) is 10.6 Å². The van der Waals surface area contributed by atoms with Crippen LogP contribution in [-0.2, 0) is 11.3 Å². The fraction of sp³-hybridized carbons (Fsp3) is 0.562. The molecule has 1 aliphatic rings. The summed E-state index contributed by atoms with van der Waals surface area (Å²) in [6.45, 7) is 3.51. The third kappa shape index (κ3) is 4.43. The number of carbonyl (C=O) groups is 1. The Labute approximate surface area is 125 Å². The second-order valence-electron chi connectivity index (χ2n) is 5.50. The van der Waals surface area contributed by atoms with Gasteiger partial charge in [0, 0.05) is 26.2 Å². The van der Waals surface area contributed by atoms with Crippen LogP contribution in [0.15, 0.2) is 18.2 Å². The highest BCUT2D eigenvalue weighted by atomic mass is 19.1. The SMILES string of the molecule is CCCN(CC(=O)NC)c1c(F)cccc1CNC1CC1. The van der Waals surface area contributed by atoms with Gasteiger partial charge >= 0.3 is 0 Å². The second kappa shape index (κ2) is 7.41. The molecular formula is C16H24FN3O. The first-order chi connectivity index (χ1) is 10.2. The van der Waals surface area contributed by atoms with Crippen molar-refractivity contribution in [1.29, 1.82) is 0 Å². The third-order valence-corrected chi connectivity index (χ3v) is 3.65. The van der Waals surface area contributed by atoms with Crippen LogP contribution in [0.4, 0.5) is 10.1 Å². The van der Waals surface area contributed by atoms with Crippen molar-refractivity contribution in [2.75, 3.05) is 25.0 Å². The van der Waals surface area contributed by atoms with Crippen molar-refractivity contribution in [3.05, 3.63) is 29.6 Å². The van der Waals surface area contributed by atoms with E-state index in [1.807, 2.05) is 17.9 Å². The van der Waals surface area contributed by atoms with Crippen LogP contribution >= 0.6 is 0 Å². The van der Waals surface area contributed by atoms with Crippen LogP contribution in [0, 0.1) is 5.82 Å². The molecule has 0 aromatic heterocycles. The van der Waals surface area contributed by atoms with Gasteiger partial charge in [-0.1, -0.05) is 19.1 Å². The van der Waals surface area contributed by atoms with Crippen molar-refractivity contribution in [2.45, 2.75) is 38.8 Å². The van der Waals surface area contributed by atoms with E-state index in [0.29, 0.717) is 24.8 Å². The molecule has 0 spiro atoms. The first-order valence-corrected chi connectivity index (χ1v) is 7.62. The zero-order chi connectivity index (χ0) is 15.2. The highest BCUT2D eigenvalue weighted by molar-refractivity contribution is 5.81. The number of likely N-dealkylation sites (N-methyl/N-ethyl adjacent to an activating group) is 1. The number of nitrogens with one attached hydrogen (secondary N) is 2. The number of carbonyl (C=O) groups excluding carboxylic acids is 1. The summed E-state index contributed by atoms with van der Waals surface area (Å²) in [6, 6.07) is 5.69. The predicted molar refractivity (Wildman–Crippen MR) is 82.8 cm³/mol. The highest BCUT2D eigenvalue weighted by Crippen LogP contribution is 2.26. The van der Waals surface area contributed by atoms with Crippen LogP contribution in [-0.4, -0.2) is 32.1 Å². The molecule has 0 bridgehead atoms. The van der Waals surface area contributed by atoms with Crippen molar-refractivity contribution >= 4 is 11.6 Å². The molecule has 1 aliphatic carbocycles. The Hall–Kier alpha value is -1.62. The van der Waals surface area contributed by atoms with Crippen molar-refractivity contribution in [2.24, 2.45) is 0 Å². The Morgan fingerprint density at radius 1 is 1.43 bits per heavy atom. The molecule has 0 atom stereocenters. The molecule has 1 aromatic rings. The summed E-state index contributed by atoms with van der Waals surface area (Å²) in [5.41, 5.74) is 1.47. The summed E-state index contributed by atoms with van der Waals surface area (Å²) in [4.78, 5) is 13.5. The number of benzene rings is 1. The fourth-order valence-electron chi connectivity index (χ4n) is 2.39. The van der Waals surface area contributed by atoms with Gasteiger partial charge in [0.1, 0.15) is 5.82 Å². The molecule has 1 fully saturated rings. The Morgan fingerprint density at radius 2 is 2.19 bits per heavy atom. The Kier molecular flexibility index (Phi) is 5.56. The minimum absolute atomic E-state index is 0.104. The summed E-state index contributed by atoms with van der Waals surface area (Å²) in [5, 5.41) is 6.01. The molecule has 2 rings (SSSR count). The maximum atomic E-state index is 14.3. The molecule has 4 nitrogen and oxygen atoms in total. The molecule has 116 valence electrons. The van der Waals surface area contributed by atoms with Gasteiger partial charge in [0.2, 0.25) is 5.91 Å². The van der Waals surface area contributed by atoms with Gasteiger partial charge in [0.15, 0.2) is 0 Å². The third-order valence-electron chi connectivity index (χ3n) is 3.65. The monoisotopic (exact) mass is 293 g/mol. The minimum Gasteiger partial charge on any atom is -0.360 e.